The molecule has 0 aliphatic heterocycles. The molecule has 0 bridgehead atoms. The summed E-state index contributed by atoms with van der Waals surface area (Å²) in [4.78, 5) is 0. The summed E-state index contributed by atoms with van der Waals surface area (Å²) >= 11 is 0. The van der Waals surface area contributed by atoms with Crippen LogP contribution in [0.5, 0.6) is 0 Å². The molecule has 2 N–H and O–H groups in total. The van der Waals surface area contributed by atoms with Crippen LogP contribution in [0.1, 0.15) is 13.3 Å². The topological polar surface area (TPSA) is 58.9 Å². The molecule has 1 unspecified atom stereocenters. The zero-order valence-electron chi connectivity index (χ0n) is 8.24. The lowest BCUT2D eigenvalue weighted by Gasteiger charge is -2.07. The van der Waals surface area contributed by atoms with Gasteiger partial charge < -0.3 is 19.4 Å². The summed E-state index contributed by atoms with van der Waals surface area (Å²) in [6.45, 7) is 3.47. The largest absolute Gasteiger partial charge is 0.424 e. The van der Waals surface area contributed by atoms with Gasteiger partial charge in [-0.1, -0.05) is 0 Å². The Labute approximate surface area is 81.8 Å². The molecule has 80 valence electrons. The van der Waals surface area contributed by atoms with Crippen LogP contribution in [0.4, 0.5) is 0 Å². The van der Waals surface area contributed by atoms with Gasteiger partial charge in [0, 0.05) is 13.2 Å². The fourth-order valence-corrected chi connectivity index (χ4v) is 1.73. The third-order valence-electron chi connectivity index (χ3n) is 1.55. The van der Waals surface area contributed by atoms with Crippen LogP contribution >= 0.6 is 0 Å². The highest BCUT2D eigenvalue weighted by molar-refractivity contribution is 6.26. The van der Waals surface area contributed by atoms with Crippen molar-refractivity contribution in [3.63, 3.8) is 0 Å². The predicted molar refractivity (Wildman–Crippen MR) is 53.5 cm³/mol. The number of ether oxygens (including phenoxy) is 1. The molecule has 0 heterocycles. The van der Waals surface area contributed by atoms with E-state index in [0.717, 1.165) is 19.1 Å². The summed E-state index contributed by atoms with van der Waals surface area (Å²) in [6.07, 6.45) is 0.258. The van der Waals surface area contributed by atoms with E-state index in [2.05, 4.69) is 0 Å². The van der Waals surface area contributed by atoms with Gasteiger partial charge in [0.15, 0.2) is 9.76 Å². The van der Waals surface area contributed by atoms with Crippen LogP contribution in [0.2, 0.25) is 6.04 Å². The third kappa shape index (κ3) is 9.97. The lowest BCUT2D eigenvalue weighted by molar-refractivity contribution is 0.00644. The normalized spacial score (nSPS) is 14.1. The lowest BCUT2D eigenvalue weighted by atomic mass is 10.4. The molecule has 1 atom stereocenters. The lowest BCUT2D eigenvalue weighted by Crippen LogP contribution is -2.19. The van der Waals surface area contributed by atoms with Gasteiger partial charge in [-0.05, 0) is 19.4 Å². The molecule has 0 saturated carbocycles. The molecule has 5 heteroatoms. The van der Waals surface area contributed by atoms with E-state index in [9.17, 15) is 0 Å². The van der Waals surface area contributed by atoms with Crippen molar-refractivity contribution in [2.75, 3.05) is 26.4 Å². The number of aliphatic hydroxyl groups excluding tert-OH is 2. The van der Waals surface area contributed by atoms with Gasteiger partial charge in [0.1, 0.15) is 6.10 Å². The summed E-state index contributed by atoms with van der Waals surface area (Å²) in [5, 5.41) is 17.4. The average molecular weight is 208 g/mol. The monoisotopic (exact) mass is 208 g/mol. The van der Waals surface area contributed by atoms with E-state index in [4.69, 9.17) is 19.4 Å². The summed E-state index contributed by atoms with van der Waals surface area (Å²) in [7, 11) is -0.333. The van der Waals surface area contributed by atoms with E-state index < -0.39 is 6.10 Å². The molecule has 0 radical (unpaired) electrons. The first-order valence-corrected chi connectivity index (χ1v) is 6.33. The minimum atomic E-state index is -0.732. The minimum Gasteiger partial charge on any atom is -0.424 e. The molecular formula is C8H20O4Si. The fraction of sp³-hybridized carbons (Fsp3) is 1.00. The molecule has 0 spiro atoms. The van der Waals surface area contributed by atoms with Crippen molar-refractivity contribution in [3.05, 3.63) is 0 Å². The number of aliphatic hydroxyl groups is 2. The highest BCUT2D eigenvalue weighted by Gasteiger charge is 2.00. The van der Waals surface area contributed by atoms with Gasteiger partial charge in [-0.3, -0.25) is 0 Å². The van der Waals surface area contributed by atoms with Gasteiger partial charge in [0.25, 0.3) is 0 Å². The highest BCUT2D eigenvalue weighted by Crippen LogP contribution is 1.92. The second-order valence-electron chi connectivity index (χ2n) is 2.82. The Morgan fingerprint density at radius 1 is 1.46 bits per heavy atom. The summed E-state index contributed by atoms with van der Waals surface area (Å²) in [6, 6.07) is 1.11. The van der Waals surface area contributed by atoms with Gasteiger partial charge in [-0.15, -0.1) is 0 Å². The van der Waals surface area contributed by atoms with Crippen molar-refractivity contribution in [3.8, 4) is 0 Å². The van der Waals surface area contributed by atoms with Gasteiger partial charge in [-0.25, -0.2) is 0 Å². The first kappa shape index (κ1) is 13.1. The van der Waals surface area contributed by atoms with E-state index in [-0.39, 0.29) is 23.0 Å². The Kier molecular flexibility index (Phi) is 10.2. The molecule has 0 aromatic rings. The first-order chi connectivity index (χ1) is 6.31. The van der Waals surface area contributed by atoms with Gasteiger partial charge in [-0.2, -0.15) is 0 Å². The van der Waals surface area contributed by atoms with Crippen LogP contribution in [-0.4, -0.2) is 52.5 Å². The SMILES string of the molecule is CCO[SiH2]CCCOCC(O)CO. The van der Waals surface area contributed by atoms with E-state index in [0.29, 0.717) is 6.61 Å². The molecule has 0 aliphatic rings. The van der Waals surface area contributed by atoms with Crippen LogP contribution in [-0.2, 0) is 9.16 Å². The van der Waals surface area contributed by atoms with Crippen molar-refractivity contribution in [1.29, 1.82) is 0 Å². The van der Waals surface area contributed by atoms with Gasteiger partial charge >= 0.3 is 0 Å². The van der Waals surface area contributed by atoms with Crippen molar-refractivity contribution < 1.29 is 19.4 Å². The molecule has 0 fully saturated rings. The van der Waals surface area contributed by atoms with E-state index in [1.54, 1.807) is 0 Å². The van der Waals surface area contributed by atoms with Crippen LogP contribution in [0.25, 0.3) is 0 Å². The standard InChI is InChI=1S/C8H20O4Si/c1-2-12-13-5-3-4-11-7-8(10)6-9/h8-10H,2-7,13H2,1H3. The van der Waals surface area contributed by atoms with Crippen LogP contribution in [0, 0.1) is 0 Å². The van der Waals surface area contributed by atoms with Crippen LogP contribution in [0.3, 0.4) is 0 Å². The molecule has 0 rings (SSSR count). The predicted octanol–water partition coefficient (Wildman–Crippen LogP) is -0.715. The number of hydrogen-bond donors (Lipinski definition) is 2. The Balaban J connectivity index is 2.91. The number of rotatable bonds is 9. The smallest absolute Gasteiger partial charge is 0.161 e. The second-order valence-corrected chi connectivity index (χ2v) is 4.34. The first-order valence-electron chi connectivity index (χ1n) is 4.75. The van der Waals surface area contributed by atoms with Crippen molar-refractivity contribution in [2.24, 2.45) is 0 Å². The highest BCUT2D eigenvalue weighted by atomic mass is 28.2. The Hall–Kier alpha value is 0.0569. The zero-order valence-corrected chi connectivity index (χ0v) is 9.65. The molecule has 4 nitrogen and oxygen atoms in total. The van der Waals surface area contributed by atoms with Gasteiger partial charge in [0.2, 0.25) is 0 Å². The van der Waals surface area contributed by atoms with E-state index in [1.807, 2.05) is 6.92 Å². The van der Waals surface area contributed by atoms with E-state index in [1.165, 1.54) is 0 Å². The molecule has 0 aromatic heterocycles. The van der Waals surface area contributed by atoms with Crippen LogP contribution < -0.4 is 0 Å². The minimum absolute atomic E-state index is 0.228. The molecule has 0 aromatic carbocycles. The number of hydrogen-bond acceptors (Lipinski definition) is 4. The maximum absolute atomic E-state index is 8.91. The Morgan fingerprint density at radius 2 is 2.23 bits per heavy atom. The Morgan fingerprint density at radius 3 is 2.85 bits per heavy atom. The summed E-state index contributed by atoms with van der Waals surface area (Å²) in [5.41, 5.74) is 0. The van der Waals surface area contributed by atoms with E-state index >= 15 is 0 Å². The second kappa shape index (κ2) is 10.1. The molecular weight excluding hydrogens is 188 g/mol. The fourth-order valence-electron chi connectivity index (χ4n) is 0.825. The maximum Gasteiger partial charge on any atom is 0.161 e. The quantitative estimate of drug-likeness (QED) is 0.388. The van der Waals surface area contributed by atoms with Crippen LogP contribution in [0.15, 0.2) is 0 Å². The molecule has 13 heavy (non-hydrogen) atoms. The summed E-state index contributed by atoms with van der Waals surface area (Å²) < 4.78 is 10.4. The molecule has 0 aliphatic carbocycles. The maximum atomic E-state index is 8.91. The molecule has 0 amide bonds. The van der Waals surface area contributed by atoms with Gasteiger partial charge in [0.05, 0.1) is 13.2 Å². The van der Waals surface area contributed by atoms with Crippen molar-refractivity contribution in [2.45, 2.75) is 25.5 Å². The van der Waals surface area contributed by atoms with Crippen molar-refractivity contribution in [1.82, 2.24) is 0 Å². The summed E-state index contributed by atoms with van der Waals surface area (Å²) in [5.74, 6) is 0. The molecule has 0 saturated heterocycles. The average Bonchev–Trinajstić information content (AvgIpc) is 2.16. The third-order valence-corrected chi connectivity index (χ3v) is 3.04. The van der Waals surface area contributed by atoms with Crippen molar-refractivity contribution >= 4 is 9.76 Å². The Bertz CT molecular complexity index is 102. The zero-order chi connectivity index (χ0) is 9.94.